The van der Waals surface area contributed by atoms with Gasteiger partial charge in [-0.25, -0.2) is 4.57 Å². The van der Waals surface area contributed by atoms with E-state index < -0.39 is 24.9 Å². The number of hydrogen-bond acceptors (Lipinski definition) is 5. The molecule has 0 bridgehead atoms. The Morgan fingerprint density at radius 2 is 1.93 bits per heavy atom. The Hall–Kier alpha value is -1.02. The fourth-order valence-corrected chi connectivity index (χ4v) is 0.659. The second-order valence-corrected chi connectivity index (χ2v) is 3.31. The molecule has 0 aromatic carbocycles. The number of esters is 1. The number of cyclic esters (lactones) is 1. The molecule has 0 aliphatic carbocycles. The van der Waals surface area contributed by atoms with Gasteiger partial charge >= 0.3 is 20.0 Å². The fourth-order valence-electron chi connectivity index (χ4n) is 0.659. The quantitative estimate of drug-likeness (QED) is 0.224. The number of hydrogen-bond donors (Lipinski definition) is 3. The maximum Gasteiger partial charge on any atom is 0.466 e. The van der Waals surface area contributed by atoms with Crippen LogP contribution in [0.2, 0.25) is 0 Å². The van der Waals surface area contributed by atoms with E-state index in [4.69, 9.17) is 19.2 Å². The van der Waals surface area contributed by atoms with Crippen molar-refractivity contribution in [1.82, 2.24) is 0 Å². The molecule has 1 unspecified atom stereocenters. The van der Waals surface area contributed by atoms with E-state index in [0.29, 0.717) is 0 Å². The van der Waals surface area contributed by atoms with Gasteiger partial charge < -0.3 is 19.4 Å². The minimum Gasteiger partial charge on any atom is -0.398 e. The summed E-state index contributed by atoms with van der Waals surface area (Å²) >= 11 is 0. The van der Waals surface area contributed by atoms with Gasteiger partial charge in [0.25, 0.3) is 0 Å². The van der Waals surface area contributed by atoms with E-state index in [1.165, 1.54) is 0 Å². The van der Waals surface area contributed by atoms with Crippen LogP contribution in [0.3, 0.4) is 0 Å². The SMILES string of the molecule is O=C1CCC([N+](=O)[O-])O1.O=P(O)(O)O. The van der Waals surface area contributed by atoms with Crippen LogP contribution >= 0.6 is 7.82 Å². The third-order valence-corrected chi connectivity index (χ3v) is 1.10. The van der Waals surface area contributed by atoms with Crippen LogP contribution in [0.1, 0.15) is 12.8 Å². The summed E-state index contributed by atoms with van der Waals surface area (Å²) in [6.45, 7) is 0. The third kappa shape index (κ3) is 7.62. The van der Waals surface area contributed by atoms with E-state index in [1.807, 2.05) is 0 Å². The minimum atomic E-state index is -4.64. The molecule has 0 amide bonds. The molecule has 0 aromatic rings. The van der Waals surface area contributed by atoms with Crippen molar-refractivity contribution in [2.75, 3.05) is 0 Å². The molecular weight excluding hydrogens is 221 g/mol. The molecule has 1 fully saturated rings. The molecular formula is C4H8NO8P. The summed E-state index contributed by atoms with van der Waals surface area (Å²) < 4.78 is 13.2. The standard InChI is InChI=1S/C4H5NO4.H3O4P/c6-4-2-1-3(9-4)5(7)8;1-5(2,3)4/h3H,1-2H2;(H3,1,2,3,4). The van der Waals surface area contributed by atoms with Crippen molar-refractivity contribution in [3.63, 3.8) is 0 Å². The zero-order valence-corrected chi connectivity index (χ0v) is 7.66. The molecule has 0 radical (unpaired) electrons. The first-order valence-electron chi connectivity index (χ1n) is 3.31. The number of ether oxygens (including phenoxy) is 1. The van der Waals surface area contributed by atoms with E-state index >= 15 is 0 Å². The van der Waals surface area contributed by atoms with Gasteiger partial charge in [0.2, 0.25) is 0 Å². The molecule has 1 atom stereocenters. The molecule has 1 saturated heterocycles. The molecule has 9 nitrogen and oxygen atoms in total. The molecule has 1 rings (SSSR count). The summed E-state index contributed by atoms with van der Waals surface area (Å²) in [6.07, 6.45) is -0.699. The Morgan fingerprint density at radius 3 is 2.07 bits per heavy atom. The van der Waals surface area contributed by atoms with Crippen molar-refractivity contribution in [1.29, 1.82) is 0 Å². The number of rotatable bonds is 1. The Balaban J connectivity index is 0.000000292. The van der Waals surface area contributed by atoms with Crippen molar-refractivity contribution >= 4 is 13.8 Å². The molecule has 1 aliphatic heterocycles. The molecule has 14 heavy (non-hydrogen) atoms. The smallest absolute Gasteiger partial charge is 0.398 e. The van der Waals surface area contributed by atoms with Gasteiger partial charge in [-0.3, -0.25) is 14.9 Å². The molecule has 82 valence electrons. The Kier molecular flexibility index (Phi) is 4.64. The molecule has 0 saturated carbocycles. The van der Waals surface area contributed by atoms with Crippen molar-refractivity contribution in [3.8, 4) is 0 Å². The zero-order valence-electron chi connectivity index (χ0n) is 6.77. The fraction of sp³-hybridized carbons (Fsp3) is 0.750. The van der Waals surface area contributed by atoms with Crippen LogP contribution < -0.4 is 0 Å². The number of nitro groups is 1. The van der Waals surface area contributed by atoms with Crippen LogP contribution in [0.25, 0.3) is 0 Å². The Morgan fingerprint density at radius 1 is 1.50 bits per heavy atom. The summed E-state index contributed by atoms with van der Waals surface area (Å²) in [6, 6.07) is 0. The number of carbonyl (C=O) groups is 1. The summed E-state index contributed by atoms with van der Waals surface area (Å²) in [4.78, 5) is 41.1. The Labute approximate surface area is 77.7 Å². The van der Waals surface area contributed by atoms with Gasteiger partial charge in [0, 0.05) is 0 Å². The topological polar surface area (TPSA) is 147 Å². The van der Waals surface area contributed by atoms with Gasteiger partial charge in [-0.1, -0.05) is 0 Å². The van der Waals surface area contributed by atoms with Crippen LogP contribution in [0.5, 0.6) is 0 Å². The van der Waals surface area contributed by atoms with E-state index in [2.05, 4.69) is 4.74 Å². The molecule has 0 aromatic heterocycles. The van der Waals surface area contributed by atoms with Crippen LogP contribution in [0.15, 0.2) is 0 Å². The lowest BCUT2D eigenvalue weighted by molar-refractivity contribution is -0.563. The Bertz CT molecular complexity index is 262. The predicted octanol–water partition coefficient (Wildman–Crippen LogP) is -1.00. The summed E-state index contributed by atoms with van der Waals surface area (Å²) in [5, 5.41) is 9.88. The van der Waals surface area contributed by atoms with Gasteiger partial charge in [-0.05, 0) is 0 Å². The first-order valence-corrected chi connectivity index (χ1v) is 4.88. The molecule has 0 spiro atoms. The second-order valence-electron chi connectivity index (χ2n) is 2.28. The van der Waals surface area contributed by atoms with E-state index in [0.717, 1.165) is 0 Å². The first kappa shape index (κ1) is 13.0. The maximum atomic E-state index is 10.2. The van der Waals surface area contributed by atoms with E-state index in [-0.39, 0.29) is 12.8 Å². The van der Waals surface area contributed by atoms with Crippen molar-refractivity contribution in [2.45, 2.75) is 19.1 Å². The summed E-state index contributed by atoms with van der Waals surface area (Å²) in [5.41, 5.74) is 0. The van der Waals surface area contributed by atoms with E-state index in [1.54, 1.807) is 0 Å². The lowest BCUT2D eigenvalue weighted by Gasteiger charge is -1.96. The lowest BCUT2D eigenvalue weighted by Crippen LogP contribution is -2.17. The third-order valence-electron chi connectivity index (χ3n) is 1.10. The van der Waals surface area contributed by atoms with Crippen LogP contribution in [0.4, 0.5) is 0 Å². The predicted molar refractivity (Wildman–Crippen MR) is 40.4 cm³/mol. The van der Waals surface area contributed by atoms with Crippen LogP contribution in [-0.4, -0.2) is 31.8 Å². The molecule has 3 N–H and O–H groups in total. The summed E-state index contributed by atoms with van der Waals surface area (Å²) in [7, 11) is -4.64. The van der Waals surface area contributed by atoms with Crippen LogP contribution in [0, 0.1) is 10.1 Å². The van der Waals surface area contributed by atoms with Gasteiger partial charge in [0.1, 0.15) is 0 Å². The molecule has 10 heteroatoms. The van der Waals surface area contributed by atoms with E-state index in [9.17, 15) is 14.9 Å². The van der Waals surface area contributed by atoms with Gasteiger partial charge in [-0.2, -0.15) is 0 Å². The highest BCUT2D eigenvalue weighted by atomic mass is 31.2. The monoisotopic (exact) mass is 229 g/mol. The minimum absolute atomic E-state index is 0.172. The van der Waals surface area contributed by atoms with Gasteiger partial charge in [0.15, 0.2) is 0 Å². The molecule has 1 aliphatic rings. The average molecular weight is 229 g/mol. The zero-order chi connectivity index (χ0) is 11.4. The summed E-state index contributed by atoms with van der Waals surface area (Å²) in [5.74, 6) is -0.475. The number of carbonyl (C=O) groups excluding carboxylic acids is 1. The number of nitrogens with zero attached hydrogens (tertiary/aromatic N) is 1. The molecule has 1 heterocycles. The van der Waals surface area contributed by atoms with Crippen molar-refractivity contribution < 1.29 is 33.7 Å². The number of phosphoric acid groups is 1. The highest BCUT2D eigenvalue weighted by molar-refractivity contribution is 7.45. The van der Waals surface area contributed by atoms with Crippen molar-refractivity contribution in [3.05, 3.63) is 10.1 Å². The lowest BCUT2D eigenvalue weighted by atomic mass is 10.3. The average Bonchev–Trinajstić information content (AvgIpc) is 2.31. The van der Waals surface area contributed by atoms with Crippen molar-refractivity contribution in [2.24, 2.45) is 0 Å². The highest BCUT2D eigenvalue weighted by Crippen LogP contribution is 2.25. The van der Waals surface area contributed by atoms with Gasteiger partial charge in [-0.15, -0.1) is 0 Å². The first-order chi connectivity index (χ1) is 6.20. The largest absolute Gasteiger partial charge is 0.466 e. The van der Waals surface area contributed by atoms with Crippen LogP contribution in [-0.2, 0) is 14.1 Å². The maximum absolute atomic E-state index is 10.2. The second kappa shape index (κ2) is 5.01. The normalized spacial score (nSPS) is 20.8. The highest BCUT2D eigenvalue weighted by Gasteiger charge is 2.31. The van der Waals surface area contributed by atoms with Gasteiger partial charge in [0.05, 0.1) is 17.8 Å².